The number of likely N-dealkylation sites (N-methyl/N-ethyl adjacent to an activating group) is 1. The van der Waals surface area contributed by atoms with E-state index in [4.69, 9.17) is 11.6 Å². The number of halogens is 1. The molecule has 0 saturated heterocycles. The maximum atomic E-state index is 6.26. The van der Waals surface area contributed by atoms with Gasteiger partial charge < -0.3 is 5.32 Å². The predicted molar refractivity (Wildman–Crippen MR) is 95.4 cm³/mol. The van der Waals surface area contributed by atoms with Gasteiger partial charge in [0.05, 0.1) is 5.02 Å². The van der Waals surface area contributed by atoms with Crippen LogP contribution in [0.15, 0.2) is 40.8 Å². The molecule has 0 bridgehead atoms. The molecule has 21 heavy (non-hydrogen) atoms. The van der Waals surface area contributed by atoms with Crippen LogP contribution >= 0.6 is 23.4 Å². The first-order chi connectivity index (χ1) is 10.3. The first-order valence-electron chi connectivity index (χ1n) is 8.11. The van der Waals surface area contributed by atoms with Crippen molar-refractivity contribution in [2.45, 2.75) is 56.4 Å². The van der Waals surface area contributed by atoms with Crippen molar-refractivity contribution in [1.29, 1.82) is 0 Å². The summed E-state index contributed by atoms with van der Waals surface area (Å²) in [5.74, 6) is 1.06. The van der Waals surface area contributed by atoms with Gasteiger partial charge in [0.25, 0.3) is 0 Å². The molecule has 0 aromatic heterocycles. The molecule has 2 rings (SSSR count). The molecule has 1 unspecified atom stereocenters. The standard InChI is InChI=1S/C18H26ClNS/c1-2-20-17(15-10-6-4-3-5-7-11-15)14-21-18-13-9-8-12-16(18)19/h8-10,12-13,17,20H,2-7,11,14H2,1H3/b15-10+. The van der Waals surface area contributed by atoms with Crippen LogP contribution in [-0.2, 0) is 0 Å². The Balaban J connectivity index is 1.99. The topological polar surface area (TPSA) is 12.0 Å². The fourth-order valence-corrected chi connectivity index (χ4v) is 4.17. The summed E-state index contributed by atoms with van der Waals surface area (Å²) in [5, 5.41) is 4.52. The van der Waals surface area contributed by atoms with E-state index in [9.17, 15) is 0 Å². The molecule has 1 aromatic rings. The van der Waals surface area contributed by atoms with Gasteiger partial charge in [-0.2, -0.15) is 0 Å². The third kappa shape index (κ3) is 5.69. The maximum Gasteiger partial charge on any atom is 0.0541 e. The summed E-state index contributed by atoms with van der Waals surface area (Å²) in [6.45, 7) is 3.21. The molecule has 1 aliphatic rings. The second kappa shape index (κ2) is 9.55. The SMILES string of the molecule is CCNC(CSc1ccccc1Cl)/C1=C/CCCCCC1. The van der Waals surface area contributed by atoms with Crippen LogP contribution in [-0.4, -0.2) is 18.3 Å². The Bertz CT molecular complexity index is 458. The van der Waals surface area contributed by atoms with Crippen molar-refractivity contribution in [2.75, 3.05) is 12.3 Å². The minimum absolute atomic E-state index is 0.481. The smallest absolute Gasteiger partial charge is 0.0541 e. The Labute approximate surface area is 138 Å². The van der Waals surface area contributed by atoms with Crippen molar-refractivity contribution in [3.63, 3.8) is 0 Å². The third-order valence-electron chi connectivity index (χ3n) is 3.97. The van der Waals surface area contributed by atoms with Crippen LogP contribution < -0.4 is 5.32 Å². The Morgan fingerprint density at radius 2 is 2.00 bits per heavy atom. The molecule has 0 heterocycles. The van der Waals surface area contributed by atoms with Gasteiger partial charge in [-0.3, -0.25) is 0 Å². The first-order valence-corrected chi connectivity index (χ1v) is 9.47. The zero-order chi connectivity index (χ0) is 14.9. The lowest BCUT2D eigenvalue weighted by Gasteiger charge is -2.23. The van der Waals surface area contributed by atoms with E-state index in [2.05, 4.69) is 30.4 Å². The monoisotopic (exact) mass is 323 g/mol. The number of thioether (sulfide) groups is 1. The van der Waals surface area contributed by atoms with E-state index < -0.39 is 0 Å². The van der Waals surface area contributed by atoms with Gasteiger partial charge in [0.15, 0.2) is 0 Å². The van der Waals surface area contributed by atoms with Crippen molar-refractivity contribution >= 4 is 23.4 Å². The minimum Gasteiger partial charge on any atom is -0.310 e. The lowest BCUT2D eigenvalue weighted by molar-refractivity contribution is 0.566. The number of rotatable bonds is 6. The van der Waals surface area contributed by atoms with Crippen LogP contribution in [0.5, 0.6) is 0 Å². The molecular formula is C18H26ClNS. The molecular weight excluding hydrogens is 298 g/mol. The summed E-state index contributed by atoms with van der Waals surface area (Å²) in [6, 6.07) is 8.62. The van der Waals surface area contributed by atoms with Crippen molar-refractivity contribution < 1.29 is 0 Å². The Morgan fingerprint density at radius 3 is 2.81 bits per heavy atom. The molecule has 0 aliphatic heterocycles. The first kappa shape index (κ1) is 16.9. The number of nitrogens with one attached hydrogen (secondary N) is 1. The van der Waals surface area contributed by atoms with E-state index in [1.165, 1.54) is 43.4 Å². The maximum absolute atomic E-state index is 6.26. The molecule has 1 atom stereocenters. The third-order valence-corrected chi connectivity index (χ3v) is 5.58. The van der Waals surface area contributed by atoms with Crippen LogP contribution in [0.4, 0.5) is 0 Å². The van der Waals surface area contributed by atoms with Gasteiger partial charge in [0, 0.05) is 16.7 Å². The summed E-state index contributed by atoms with van der Waals surface area (Å²) in [5.41, 5.74) is 1.61. The number of hydrogen-bond acceptors (Lipinski definition) is 2. The molecule has 1 aliphatic carbocycles. The van der Waals surface area contributed by atoms with Crippen molar-refractivity contribution in [3.8, 4) is 0 Å². The normalized spacial score (nSPS) is 20.2. The summed E-state index contributed by atoms with van der Waals surface area (Å²) in [6.07, 6.45) is 10.4. The van der Waals surface area contributed by atoms with Gasteiger partial charge in [-0.15, -0.1) is 11.8 Å². The van der Waals surface area contributed by atoms with Gasteiger partial charge in [0.1, 0.15) is 0 Å². The zero-order valence-corrected chi connectivity index (χ0v) is 14.5. The molecule has 0 fully saturated rings. The molecule has 1 N–H and O–H groups in total. The van der Waals surface area contributed by atoms with Crippen LogP contribution in [0, 0.1) is 0 Å². The molecule has 0 radical (unpaired) electrons. The van der Waals surface area contributed by atoms with E-state index in [0.29, 0.717) is 6.04 Å². The molecule has 0 saturated carbocycles. The molecule has 3 heteroatoms. The van der Waals surface area contributed by atoms with Crippen LogP contribution in [0.2, 0.25) is 5.02 Å². The van der Waals surface area contributed by atoms with Crippen molar-refractivity contribution in [2.24, 2.45) is 0 Å². The Morgan fingerprint density at radius 1 is 1.19 bits per heavy atom. The lowest BCUT2D eigenvalue weighted by atomic mass is 9.95. The highest BCUT2D eigenvalue weighted by molar-refractivity contribution is 7.99. The average molecular weight is 324 g/mol. The fourth-order valence-electron chi connectivity index (χ4n) is 2.81. The van der Waals surface area contributed by atoms with Gasteiger partial charge >= 0.3 is 0 Å². The van der Waals surface area contributed by atoms with Gasteiger partial charge in [-0.1, -0.05) is 55.1 Å². The van der Waals surface area contributed by atoms with E-state index in [-0.39, 0.29) is 0 Å². The minimum atomic E-state index is 0.481. The van der Waals surface area contributed by atoms with E-state index in [1.807, 2.05) is 23.9 Å². The van der Waals surface area contributed by atoms with Gasteiger partial charge in [-0.25, -0.2) is 0 Å². The highest BCUT2D eigenvalue weighted by atomic mass is 35.5. The molecule has 0 spiro atoms. The molecule has 1 nitrogen and oxygen atoms in total. The molecule has 0 amide bonds. The Kier molecular flexibility index (Phi) is 7.70. The lowest BCUT2D eigenvalue weighted by Crippen LogP contribution is -2.33. The van der Waals surface area contributed by atoms with Crippen molar-refractivity contribution in [3.05, 3.63) is 40.9 Å². The molecule has 1 aromatic carbocycles. The number of allylic oxidation sites excluding steroid dienone is 1. The quantitative estimate of drug-likeness (QED) is 0.533. The largest absolute Gasteiger partial charge is 0.310 e. The van der Waals surface area contributed by atoms with Gasteiger partial charge in [-0.05, 0) is 44.4 Å². The van der Waals surface area contributed by atoms with Gasteiger partial charge in [0.2, 0.25) is 0 Å². The highest BCUT2D eigenvalue weighted by Crippen LogP contribution is 2.29. The highest BCUT2D eigenvalue weighted by Gasteiger charge is 2.15. The Hall–Kier alpha value is -0.440. The van der Waals surface area contributed by atoms with Crippen LogP contribution in [0.25, 0.3) is 0 Å². The number of hydrogen-bond donors (Lipinski definition) is 1. The second-order valence-corrected chi connectivity index (χ2v) is 7.05. The second-order valence-electron chi connectivity index (χ2n) is 5.58. The van der Waals surface area contributed by atoms with E-state index >= 15 is 0 Å². The fraction of sp³-hybridized carbons (Fsp3) is 0.556. The summed E-state index contributed by atoms with van der Waals surface area (Å²) < 4.78 is 0. The predicted octanol–water partition coefficient (Wildman–Crippen LogP) is 5.69. The average Bonchev–Trinajstić information content (AvgIpc) is 2.45. The van der Waals surface area contributed by atoms with Crippen LogP contribution in [0.3, 0.4) is 0 Å². The summed E-state index contributed by atoms with van der Waals surface area (Å²) in [4.78, 5) is 1.19. The van der Waals surface area contributed by atoms with Crippen LogP contribution in [0.1, 0.15) is 45.4 Å². The summed E-state index contributed by atoms with van der Waals surface area (Å²) in [7, 11) is 0. The van der Waals surface area contributed by atoms with E-state index in [1.54, 1.807) is 5.57 Å². The van der Waals surface area contributed by atoms with Crippen molar-refractivity contribution in [1.82, 2.24) is 5.32 Å². The zero-order valence-electron chi connectivity index (χ0n) is 12.9. The molecule has 116 valence electrons. The number of benzene rings is 1. The van der Waals surface area contributed by atoms with E-state index in [0.717, 1.165) is 17.3 Å². The summed E-state index contributed by atoms with van der Waals surface area (Å²) >= 11 is 8.13.